The first-order valence-electron chi connectivity index (χ1n) is 7.62. The van der Waals surface area contributed by atoms with Gasteiger partial charge in [-0.05, 0) is 36.8 Å². The Balaban J connectivity index is 2.67. The summed E-state index contributed by atoms with van der Waals surface area (Å²) in [5.74, 6) is 1.21. The van der Waals surface area contributed by atoms with E-state index in [0.717, 1.165) is 18.6 Å². The number of amidine groups is 1. The minimum atomic E-state index is -0.247. The Hall–Kier alpha value is -1.51. The van der Waals surface area contributed by atoms with Crippen LogP contribution in [0.2, 0.25) is 0 Å². The fraction of sp³-hybridized carbons (Fsp3) is 0.611. The smallest absolute Gasteiger partial charge is 0.123 e. The van der Waals surface area contributed by atoms with Gasteiger partial charge < -0.3 is 10.5 Å². The third-order valence-electron chi connectivity index (χ3n) is 3.88. The van der Waals surface area contributed by atoms with E-state index in [-0.39, 0.29) is 16.7 Å². The van der Waals surface area contributed by atoms with E-state index in [1.807, 2.05) is 13.8 Å². The fourth-order valence-corrected chi connectivity index (χ4v) is 2.19. The Kier molecular flexibility index (Phi) is 5.43. The predicted molar refractivity (Wildman–Crippen MR) is 90.3 cm³/mol. The highest BCUT2D eigenvalue weighted by Gasteiger charge is 2.22. The summed E-state index contributed by atoms with van der Waals surface area (Å²) in [7, 11) is 0. The van der Waals surface area contributed by atoms with Crippen molar-refractivity contribution in [1.29, 1.82) is 5.41 Å². The van der Waals surface area contributed by atoms with Gasteiger partial charge in [-0.25, -0.2) is 0 Å². The number of nitrogens with two attached hydrogens (primary N) is 1. The van der Waals surface area contributed by atoms with Gasteiger partial charge in [0.25, 0.3) is 0 Å². The molecule has 1 aromatic rings. The Morgan fingerprint density at radius 3 is 2.33 bits per heavy atom. The SMILES string of the molecule is Cc1ccc(OCCCC(C)(C)C(=N)N)c(C(C)(C)C)c1. The molecule has 21 heavy (non-hydrogen) atoms. The van der Waals surface area contributed by atoms with Crippen LogP contribution in [0.25, 0.3) is 0 Å². The van der Waals surface area contributed by atoms with Crippen molar-refractivity contribution in [3.05, 3.63) is 29.3 Å². The Labute approximate surface area is 129 Å². The van der Waals surface area contributed by atoms with E-state index in [9.17, 15) is 0 Å². The summed E-state index contributed by atoms with van der Waals surface area (Å²) < 4.78 is 5.98. The Bertz CT molecular complexity index is 498. The zero-order chi connectivity index (χ0) is 16.3. The molecule has 0 spiro atoms. The zero-order valence-corrected chi connectivity index (χ0v) is 14.3. The molecule has 0 saturated carbocycles. The summed E-state index contributed by atoms with van der Waals surface area (Å²) in [5.41, 5.74) is 7.93. The normalized spacial score (nSPS) is 12.3. The number of nitrogens with one attached hydrogen (secondary N) is 1. The van der Waals surface area contributed by atoms with Gasteiger partial charge in [-0.1, -0.05) is 52.3 Å². The van der Waals surface area contributed by atoms with Crippen molar-refractivity contribution in [2.75, 3.05) is 6.61 Å². The van der Waals surface area contributed by atoms with Crippen LogP contribution in [0, 0.1) is 17.7 Å². The van der Waals surface area contributed by atoms with Gasteiger partial charge in [0.1, 0.15) is 5.75 Å². The van der Waals surface area contributed by atoms with Crippen LogP contribution < -0.4 is 10.5 Å². The molecule has 0 aliphatic carbocycles. The van der Waals surface area contributed by atoms with Crippen LogP contribution in [0.5, 0.6) is 5.75 Å². The fourth-order valence-electron chi connectivity index (χ4n) is 2.19. The molecule has 0 atom stereocenters. The van der Waals surface area contributed by atoms with E-state index in [1.165, 1.54) is 11.1 Å². The molecule has 3 nitrogen and oxygen atoms in total. The molecule has 0 aliphatic rings. The van der Waals surface area contributed by atoms with E-state index in [2.05, 4.69) is 45.9 Å². The van der Waals surface area contributed by atoms with Gasteiger partial charge >= 0.3 is 0 Å². The molecular formula is C18H30N2O. The molecule has 0 heterocycles. The van der Waals surface area contributed by atoms with Crippen molar-refractivity contribution in [3.8, 4) is 5.75 Å². The average molecular weight is 290 g/mol. The largest absolute Gasteiger partial charge is 0.493 e. The molecule has 3 heteroatoms. The van der Waals surface area contributed by atoms with Gasteiger partial charge in [0.2, 0.25) is 0 Å². The number of benzene rings is 1. The summed E-state index contributed by atoms with van der Waals surface area (Å²) in [6, 6.07) is 6.35. The van der Waals surface area contributed by atoms with E-state index in [1.54, 1.807) is 0 Å². The molecule has 1 aromatic carbocycles. The topological polar surface area (TPSA) is 59.1 Å². The molecule has 0 radical (unpaired) electrons. The van der Waals surface area contributed by atoms with Gasteiger partial charge in [0, 0.05) is 5.41 Å². The summed E-state index contributed by atoms with van der Waals surface area (Å²) in [4.78, 5) is 0. The summed E-state index contributed by atoms with van der Waals surface area (Å²) in [5, 5.41) is 7.57. The van der Waals surface area contributed by atoms with Gasteiger partial charge in [0.05, 0.1) is 12.4 Å². The monoisotopic (exact) mass is 290 g/mol. The number of aryl methyl sites for hydroxylation is 1. The number of rotatable bonds is 6. The minimum absolute atomic E-state index is 0.0695. The highest BCUT2D eigenvalue weighted by atomic mass is 16.5. The lowest BCUT2D eigenvalue weighted by atomic mass is 9.85. The van der Waals surface area contributed by atoms with Crippen LogP contribution in [0.1, 0.15) is 58.6 Å². The van der Waals surface area contributed by atoms with Crippen LogP contribution in [0.3, 0.4) is 0 Å². The Morgan fingerprint density at radius 1 is 1.19 bits per heavy atom. The van der Waals surface area contributed by atoms with Crippen molar-refractivity contribution < 1.29 is 4.74 Å². The lowest BCUT2D eigenvalue weighted by Gasteiger charge is -2.25. The first-order valence-corrected chi connectivity index (χ1v) is 7.62. The molecule has 1 rings (SSSR count). The molecule has 0 aromatic heterocycles. The van der Waals surface area contributed by atoms with Crippen LogP contribution in [-0.2, 0) is 5.41 Å². The third-order valence-corrected chi connectivity index (χ3v) is 3.88. The maximum atomic E-state index is 7.57. The average Bonchev–Trinajstić information content (AvgIpc) is 2.34. The van der Waals surface area contributed by atoms with Crippen molar-refractivity contribution in [1.82, 2.24) is 0 Å². The second-order valence-electron chi connectivity index (χ2n) is 7.50. The van der Waals surface area contributed by atoms with Crippen LogP contribution in [0.4, 0.5) is 0 Å². The number of ether oxygens (including phenoxy) is 1. The van der Waals surface area contributed by atoms with Crippen LogP contribution >= 0.6 is 0 Å². The summed E-state index contributed by atoms with van der Waals surface area (Å²) in [6.07, 6.45) is 1.75. The first-order chi connectivity index (χ1) is 9.54. The van der Waals surface area contributed by atoms with E-state index in [4.69, 9.17) is 15.9 Å². The Morgan fingerprint density at radius 2 is 1.81 bits per heavy atom. The maximum Gasteiger partial charge on any atom is 0.123 e. The quantitative estimate of drug-likeness (QED) is 0.463. The molecule has 0 fully saturated rings. The van der Waals surface area contributed by atoms with Crippen LogP contribution in [0.15, 0.2) is 18.2 Å². The van der Waals surface area contributed by atoms with Gasteiger partial charge in [-0.3, -0.25) is 5.41 Å². The predicted octanol–water partition coefficient (Wildman–Crippen LogP) is 4.41. The standard InChI is InChI=1S/C18H30N2O/c1-13-8-9-15(14(12-13)17(2,3)4)21-11-7-10-18(5,6)16(19)20/h8-9,12H,7,10-11H2,1-6H3,(H3,19,20). The highest BCUT2D eigenvalue weighted by Crippen LogP contribution is 2.32. The van der Waals surface area contributed by atoms with Crippen molar-refractivity contribution in [2.24, 2.45) is 11.1 Å². The van der Waals surface area contributed by atoms with Gasteiger partial charge in [0.15, 0.2) is 0 Å². The van der Waals surface area contributed by atoms with E-state index >= 15 is 0 Å². The second-order valence-corrected chi connectivity index (χ2v) is 7.50. The lowest BCUT2D eigenvalue weighted by molar-refractivity contribution is 0.280. The number of hydrogen-bond acceptors (Lipinski definition) is 2. The highest BCUT2D eigenvalue weighted by molar-refractivity contribution is 5.82. The maximum absolute atomic E-state index is 7.57. The molecule has 0 bridgehead atoms. The lowest BCUT2D eigenvalue weighted by Crippen LogP contribution is -2.31. The number of hydrogen-bond donors (Lipinski definition) is 2. The zero-order valence-electron chi connectivity index (χ0n) is 14.3. The first kappa shape index (κ1) is 17.5. The van der Waals surface area contributed by atoms with Gasteiger partial charge in [-0.2, -0.15) is 0 Å². The summed E-state index contributed by atoms with van der Waals surface area (Å²) >= 11 is 0. The molecule has 0 amide bonds. The third kappa shape index (κ3) is 5.07. The molecule has 0 saturated heterocycles. The van der Waals surface area contributed by atoms with Crippen LogP contribution in [-0.4, -0.2) is 12.4 Å². The molecule has 0 unspecified atom stereocenters. The van der Waals surface area contributed by atoms with E-state index in [0.29, 0.717) is 6.61 Å². The van der Waals surface area contributed by atoms with Crippen molar-refractivity contribution in [2.45, 2.75) is 59.8 Å². The van der Waals surface area contributed by atoms with Crippen molar-refractivity contribution in [3.63, 3.8) is 0 Å². The van der Waals surface area contributed by atoms with E-state index < -0.39 is 0 Å². The molecule has 0 aliphatic heterocycles. The molecular weight excluding hydrogens is 260 g/mol. The van der Waals surface area contributed by atoms with Crippen molar-refractivity contribution >= 4 is 5.84 Å². The minimum Gasteiger partial charge on any atom is -0.493 e. The molecule has 3 N–H and O–H groups in total. The molecule has 118 valence electrons. The van der Waals surface area contributed by atoms with Gasteiger partial charge in [-0.15, -0.1) is 0 Å². The second kappa shape index (κ2) is 6.50. The summed E-state index contributed by atoms with van der Waals surface area (Å²) in [6.45, 7) is 13.4.